The second kappa shape index (κ2) is 3.87. The number of hydrogen-bond donors (Lipinski definition) is 2. The molecule has 0 aromatic carbocycles. The van der Waals surface area contributed by atoms with Gasteiger partial charge >= 0.3 is 0 Å². The highest BCUT2D eigenvalue weighted by atomic mass is 79.9. The Labute approximate surface area is 88.5 Å². The average molecular weight is 251 g/mol. The predicted octanol–water partition coefficient (Wildman–Crippen LogP) is 1.79. The zero-order valence-corrected chi connectivity index (χ0v) is 9.97. The molecule has 0 aromatic rings. The normalized spacial score (nSPS) is 45.5. The van der Waals surface area contributed by atoms with E-state index in [1.165, 1.54) is 0 Å². The Morgan fingerprint density at radius 2 is 2.00 bits per heavy atom. The van der Waals surface area contributed by atoms with Gasteiger partial charge in [0.1, 0.15) is 0 Å². The van der Waals surface area contributed by atoms with Crippen LogP contribution >= 0.6 is 15.9 Å². The van der Waals surface area contributed by atoms with Gasteiger partial charge in [-0.05, 0) is 29.6 Å². The minimum absolute atomic E-state index is 0.0243. The average Bonchev–Trinajstić information content (AvgIpc) is 2.41. The van der Waals surface area contributed by atoms with Crippen molar-refractivity contribution >= 4 is 15.9 Å². The fraction of sp³-hybridized carbons (Fsp3) is 1.00. The van der Waals surface area contributed by atoms with E-state index in [1.54, 1.807) is 0 Å². The van der Waals surface area contributed by atoms with E-state index in [2.05, 4.69) is 29.8 Å². The fourth-order valence-corrected chi connectivity index (χ4v) is 3.55. The maximum absolute atomic E-state index is 9.40. The maximum Gasteiger partial charge on any atom is 0.0490 e. The summed E-state index contributed by atoms with van der Waals surface area (Å²) >= 11 is 3.51. The zero-order valence-electron chi connectivity index (χ0n) is 8.39. The highest BCUT2D eigenvalue weighted by Gasteiger charge is 2.52. The summed E-state index contributed by atoms with van der Waals surface area (Å²) in [6.45, 7) is 4.72. The van der Waals surface area contributed by atoms with Crippen LogP contribution in [0.15, 0.2) is 0 Å². The Morgan fingerprint density at radius 1 is 1.38 bits per heavy atom. The highest BCUT2D eigenvalue weighted by Crippen LogP contribution is 2.56. The third-order valence-corrected chi connectivity index (χ3v) is 5.34. The van der Waals surface area contributed by atoms with Crippen LogP contribution in [-0.2, 0) is 0 Å². The molecule has 3 atom stereocenters. The molecule has 1 aliphatic carbocycles. The summed E-state index contributed by atoms with van der Waals surface area (Å²) in [6.07, 6.45) is 2.03. The van der Waals surface area contributed by atoms with Crippen LogP contribution in [0.5, 0.6) is 0 Å². The first kappa shape index (κ1) is 11.5. The monoisotopic (exact) mass is 250 g/mol. The molecule has 0 heterocycles. The molecule has 0 bridgehead atoms. The molecule has 0 aliphatic heterocycles. The van der Waals surface area contributed by atoms with Crippen LogP contribution in [-0.4, -0.2) is 28.8 Å². The summed E-state index contributed by atoms with van der Waals surface area (Å²) in [4.78, 5) is 0. The van der Waals surface area contributed by atoms with Crippen molar-refractivity contribution in [3.05, 3.63) is 0 Å². The van der Waals surface area contributed by atoms with Gasteiger partial charge in [-0.15, -0.1) is 0 Å². The molecular weight excluding hydrogens is 232 g/mol. The summed E-state index contributed by atoms with van der Waals surface area (Å²) in [5.41, 5.74) is -0.0135. The van der Waals surface area contributed by atoms with Crippen LogP contribution in [0.1, 0.15) is 26.7 Å². The second-order valence-corrected chi connectivity index (χ2v) is 5.25. The molecule has 3 heteroatoms. The van der Waals surface area contributed by atoms with E-state index < -0.39 is 0 Å². The van der Waals surface area contributed by atoms with E-state index in [0.29, 0.717) is 5.92 Å². The Kier molecular flexibility index (Phi) is 3.42. The Balaban J connectivity index is 2.91. The fourth-order valence-electron chi connectivity index (χ4n) is 2.41. The first-order valence-electron chi connectivity index (χ1n) is 4.82. The molecule has 1 fully saturated rings. The standard InChI is InChI=1S/C10H19BrO2/c1-9(7-13)4-3-8(5-12)10(9,2)6-11/h8,12-13H,3-7H2,1-2H3. The van der Waals surface area contributed by atoms with E-state index >= 15 is 0 Å². The molecular formula is C10H19BrO2. The van der Waals surface area contributed by atoms with Crippen molar-refractivity contribution in [2.24, 2.45) is 16.7 Å². The second-order valence-electron chi connectivity index (χ2n) is 4.69. The molecule has 0 saturated heterocycles. The maximum atomic E-state index is 9.40. The van der Waals surface area contributed by atoms with Gasteiger partial charge in [-0.3, -0.25) is 0 Å². The van der Waals surface area contributed by atoms with Crippen LogP contribution < -0.4 is 0 Å². The van der Waals surface area contributed by atoms with Gasteiger partial charge in [-0.2, -0.15) is 0 Å². The molecule has 0 radical (unpaired) electrons. The van der Waals surface area contributed by atoms with Crippen molar-refractivity contribution in [2.45, 2.75) is 26.7 Å². The Morgan fingerprint density at radius 3 is 2.38 bits per heavy atom. The van der Waals surface area contributed by atoms with E-state index in [4.69, 9.17) is 0 Å². The van der Waals surface area contributed by atoms with Crippen molar-refractivity contribution in [1.29, 1.82) is 0 Å². The van der Waals surface area contributed by atoms with Crippen molar-refractivity contribution in [2.75, 3.05) is 18.5 Å². The molecule has 2 nitrogen and oxygen atoms in total. The lowest BCUT2D eigenvalue weighted by atomic mass is 9.66. The van der Waals surface area contributed by atoms with Gasteiger partial charge in [0.15, 0.2) is 0 Å². The van der Waals surface area contributed by atoms with Gasteiger partial charge in [-0.25, -0.2) is 0 Å². The molecule has 3 unspecified atom stereocenters. The lowest BCUT2D eigenvalue weighted by molar-refractivity contribution is 0.0149. The number of hydrogen-bond acceptors (Lipinski definition) is 2. The predicted molar refractivity (Wildman–Crippen MR) is 56.9 cm³/mol. The minimum atomic E-state index is -0.0378. The van der Waals surface area contributed by atoms with Crippen molar-refractivity contribution in [1.82, 2.24) is 0 Å². The lowest BCUT2D eigenvalue weighted by Crippen LogP contribution is -2.42. The van der Waals surface area contributed by atoms with Crippen molar-refractivity contribution in [3.63, 3.8) is 0 Å². The Hall–Kier alpha value is 0.400. The number of alkyl halides is 1. The molecule has 13 heavy (non-hydrogen) atoms. The van der Waals surface area contributed by atoms with Crippen LogP contribution in [0.2, 0.25) is 0 Å². The van der Waals surface area contributed by atoms with Gasteiger partial charge in [0, 0.05) is 18.5 Å². The molecule has 0 amide bonds. The van der Waals surface area contributed by atoms with Crippen LogP contribution in [0.25, 0.3) is 0 Å². The number of aliphatic hydroxyl groups is 2. The first-order chi connectivity index (χ1) is 6.04. The Bertz CT molecular complexity index is 186. The number of aliphatic hydroxyl groups excluding tert-OH is 2. The summed E-state index contributed by atoms with van der Waals surface area (Å²) in [5, 5.41) is 19.5. The summed E-state index contributed by atoms with van der Waals surface area (Å²) in [6, 6.07) is 0. The third-order valence-electron chi connectivity index (χ3n) is 4.17. The quantitative estimate of drug-likeness (QED) is 0.751. The summed E-state index contributed by atoms with van der Waals surface area (Å²) in [7, 11) is 0. The van der Waals surface area contributed by atoms with Gasteiger partial charge in [0.2, 0.25) is 0 Å². The number of rotatable bonds is 3. The lowest BCUT2D eigenvalue weighted by Gasteiger charge is -2.42. The van der Waals surface area contributed by atoms with Crippen LogP contribution in [0.4, 0.5) is 0 Å². The van der Waals surface area contributed by atoms with E-state index in [9.17, 15) is 10.2 Å². The van der Waals surface area contributed by atoms with Crippen molar-refractivity contribution < 1.29 is 10.2 Å². The third kappa shape index (κ3) is 1.55. The zero-order chi connectivity index (χ0) is 10.1. The van der Waals surface area contributed by atoms with Crippen LogP contribution in [0, 0.1) is 16.7 Å². The largest absolute Gasteiger partial charge is 0.396 e. The molecule has 0 aromatic heterocycles. The van der Waals surface area contributed by atoms with Gasteiger partial charge in [0.25, 0.3) is 0 Å². The minimum Gasteiger partial charge on any atom is -0.396 e. The van der Waals surface area contributed by atoms with E-state index in [-0.39, 0.29) is 24.0 Å². The van der Waals surface area contributed by atoms with Gasteiger partial charge < -0.3 is 10.2 Å². The SMILES string of the molecule is CC1(CO)CCC(CO)C1(C)CBr. The number of halogens is 1. The molecule has 0 spiro atoms. The molecule has 78 valence electrons. The smallest absolute Gasteiger partial charge is 0.0490 e. The summed E-state index contributed by atoms with van der Waals surface area (Å²) < 4.78 is 0. The molecule has 1 saturated carbocycles. The van der Waals surface area contributed by atoms with Crippen molar-refractivity contribution in [3.8, 4) is 0 Å². The first-order valence-corrected chi connectivity index (χ1v) is 5.94. The molecule has 1 aliphatic rings. The highest BCUT2D eigenvalue weighted by molar-refractivity contribution is 9.09. The van der Waals surface area contributed by atoms with Gasteiger partial charge in [-0.1, -0.05) is 29.8 Å². The van der Waals surface area contributed by atoms with E-state index in [1.807, 2.05) is 0 Å². The molecule has 2 N–H and O–H groups in total. The summed E-state index contributed by atoms with van der Waals surface area (Å²) in [5.74, 6) is 0.323. The van der Waals surface area contributed by atoms with Gasteiger partial charge in [0.05, 0.1) is 0 Å². The topological polar surface area (TPSA) is 40.5 Å². The molecule has 1 rings (SSSR count). The van der Waals surface area contributed by atoms with Crippen LogP contribution in [0.3, 0.4) is 0 Å². The van der Waals surface area contributed by atoms with E-state index in [0.717, 1.165) is 18.2 Å².